The van der Waals surface area contributed by atoms with E-state index in [1.54, 1.807) is 0 Å². The number of ether oxygens (including phenoxy) is 1. The smallest absolute Gasteiger partial charge is 0.0633 e. The molecule has 0 atom stereocenters. The number of hydrogen-bond acceptors (Lipinski definition) is 1. The van der Waals surface area contributed by atoms with Crippen molar-refractivity contribution in [1.29, 1.82) is 0 Å². The molecule has 1 aromatic carbocycles. The van der Waals surface area contributed by atoms with Crippen molar-refractivity contribution in [2.24, 2.45) is 0 Å². The molecule has 0 N–H and O–H groups in total. The van der Waals surface area contributed by atoms with E-state index in [9.17, 15) is 0 Å². The molecule has 0 unspecified atom stereocenters. The van der Waals surface area contributed by atoms with Crippen LogP contribution in [0.5, 0.6) is 0 Å². The van der Waals surface area contributed by atoms with Gasteiger partial charge in [-0.3, -0.25) is 0 Å². The number of unbranched alkanes of at least 4 members (excludes halogenated alkanes) is 1. The Morgan fingerprint density at radius 2 is 1.77 bits per heavy atom. The first kappa shape index (κ1) is 19.0. The van der Waals surface area contributed by atoms with Crippen molar-refractivity contribution < 1.29 is 4.74 Å². The van der Waals surface area contributed by atoms with Crippen LogP contribution in [0.1, 0.15) is 84.8 Å². The molecule has 124 valence electrons. The van der Waals surface area contributed by atoms with Crippen LogP contribution in [-0.2, 0) is 4.74 Å². The number of hydrogen-bond donors (Lipinski definition) is 0. The summed E-state index contributed by atoms with van der Waals surface area (Å²) < 4.78 is 6.11. The maximum absolute atomic E-state index is 6.11. The highest BCUT2D eigenvalue weighted by Gasteiger charge is 2.24. The van der Waals surface area contributed by atoms with Crippen molar-refractivity contribution >= 4 is 6.08 Å². The summed E-state index contributed by atoms with van der Waals surface area (Å²) in [4.78, 5) is 0. The van der Waals surface area contributed by atoms with Gasteiger partial charge in [0.15, 0.2) is 0 Å². The number of benzene rings is 1. The van der Waals surface area contributed by atoms with Gasteiger partial charge in [0.1, 0.15) is 0 Å². The summed E-state index contributed by atoms with van der Waals surface area (Å²) >= 11 is 0. The molecule has 0 aromatic heterocycles. The average molecular weight is 303 g/mol. The first-order valence-corrected chi connectivity index (χ1v) is 8.56. The topological polar surface area (TPSA) is 9.23 Å². The van der Waals surface area contributed by atoms with Gasteiger partial charge in [0.2, 0.25) is 0 Å². The molecule has 0 aliphatic carbocycles. The van der Waals surface area contributed by atoms with Gasteiger partial charge in [-0.1, -0.05) is 50.3 Å². The maximum Gasteiger partial charge on any atom is 0.0633 e. The fraction of sp³-hybridized carbons (Fsp3) is 0.619. The fourth-order valence-corrected chi connectivity index (χ4v) is 2.77. The Morgan fingerprint density at radius 1 is 1.09 bits per heavy atom. The first-order chi connectivity index (χ1) is 10.1. The van der Waals surface area contributed by atoms with E-state index in [1.807, 2.05) is 0 Å². The summed E-state index contributed by atoms with van der Waals surface area (Å²) in [6.45, 7) is 15.2. The Morgan fingerprint density at radius 3 is 2.36 bits per heavy atom. The Hall–Kier alpha value is -1.08. The molecule has 0 saturated carbocycles. The van der Waals surface area contributed by atoms with Crippen LogP contribution in [-0.4, -0.2) is 11.2 Å². The minimum Gasteiger partial charge on any atom is -0.370 e. The molecule has 0 heterocycles. The standard InChI is InChI=1S/C21H34O/c1-17(2)19-14-11-13-18(16-19)12-9-8-10-15-21(6,7)22-20(3,4)5/h9,11-14,16-17H,8,10,15H2,1-7H3/b12-9+. The van der Waals surface area contributed by atoms with Gasteiger partial charge in [-0.15, -0.1) is 0 Å². The molecular weight excluding hydrogens is 268 g/mol. The Kier molecular flexibility index (Phi) is 6.87. The van der Waals surface area contributed by atoms with Crippen LogP contribution in [0.15, 0.2) is 30.3 Å². The molecule has 1 heteroatoms. The molecule has 0 aliphatic rings. The molecule has 0 aliphatic heterocycles. The summed E-state index contributed by atoms with van der Waals surface area (Å²) in [5.74, 6) is 0.587. The van der Waals surface area contributed by atoms with E-state index in [0.29, 0.717) is 5.92 Å². The Labute approximate surface area is 137 Å². The highest BCUT2D eigenvalue weighted by atomic mass is 16.5. The largest absolute Gasteiger partial charge is 0.370 e. The van der Waals surface area contributed by atoms with Crippen molar-refractivity contribution in [2.45, 2.75) is 84.8 Å². The monoisotopic (exact) mass is 302 g/mol. The van der Waals surface area contributed by atoms with Crippen molar-refractivity contribution in [3.63, 3.8) is 0 Å². The minimum absolute atomic E-state index is 0.0519. The van der Waals surface area contributed by atoms with E-state index >= 15 is 0 Å². The lowest BCUT2D eigenvalue weighted by Gasteiger charge is -2.33. The second-order valence-electron chi connectivity index (χ2n) is 8.09. The highest BCUT2D eigenvalue weighted by molar-refractivity contribution is 5.50. The van der Waals surface area contributed by atoms with Gasteiger partial charge in [-0.25, -0.2) is 0 Å². The lowest BCUT2D eigenvalue weighted by molar-refractivity contribution is -0.116. The Balaban J connectivity index is 2.42. The third-order valence-corrected chi connectivity index (χ3v) is 3.62. The van der Waals surface area contributed by atoms with Crippen LogP contribution in [0.2, 0.25) is 0 Å². The zero-order valence-electron chi connectivity index (χ0n) is 15.6. The second-order valence-corrected chi connectivity index (χ2v) is 8.09. The molecule has 22 heavy (non-hydrogen) atoms. The fourth-order valence-electron chi connectivity index (χ4n) is 2.77. The predicted octanol–water partition coefficient (Wildman–Crippen LogP) is 6.59. The second kappa shape index (κ2) is 7.97. The van der Waals surface area contributed by atoms with Crippen LogP contribution >= 0.6 is 0 Å². The van der Waals surface area contributed by atoms with Crippen molar-refractivity contribution in [3.05, 3.63) is 41.5 Å². The maximum atomic E-state index is 6.11. The summed E-state index contributed by atoms with van der Waals surface area (Å²) in [6.07, 6.45) is 7.86. The molecule has 1 aromatic rings. The summed E-state index contributed by atoms with van der Waals surface area (Å²) in [6, 6.07) is 8.81. The minimum atomic E-state index is -0.0728. The lowest BCUT2D eigenvalue weighted by atomic mass is 9.98. The average Bonchev–Trinajstić information content (AvgIpc) is 2.35. The van der Waals surface area contributed by atoms with Crippen LogP contribution < -0.4 is 0 Å². The SMILES string of the molecule is CC(C)c1cccc(/C=C/CCCC(C)(C)OC(C)(C)C)c1. The highest BCUT2D eigenvalue weighted by Crippen LogP contribution is 2.25. The normalized spacial score (nSPS) is 13.3. The molecule has 1 rings (SSSR count). The summed E-state index contributed by atoms with van der Waals surface area (Å²) in [5, 5.41) is 0. The summed E-state index contributed by atoms with van der Waals surface area (Å²) in [5.41, 5.74) is 2.58. The van der Waals surface area contributed by atoms with Gasteiger partial charge < -0.3 is 4.74 Å². The zero-order chi connectivity index (χ0) is 16.8. The van der Waals surface area contributed by atoms with Crippen LogP contribution in [0.4, 0.5) is 0 Å². The van der Waals surface area contributed by atoms with Gasteiger partial charge >= 0.3 is 0 Å². The molecule has 0 fully saturated rings. The van der Waals surface area contributed by atoms with E-state index in [2.05, 4.69) is 84.9 Å². The van der Waals surface area contributed by atoms with Crippen molar-refractivity contribution in [3.8, 4) is 0 Å². The van der Waals surface area contributed by atoms with Crippen LogP contribution in [0, 0.1) is 0 Å². The molecule has 1 nitrogen and oxygen atoms in total. The number of rotatable bonds is 7. The van der Waals surface area contributed by atoms with Crippen molar-refractivity contribution in [1.82, 2.24) is 0 Å². The van der Waals surface area contributed by atoms with Gasteiger partial charge in [-0.05, 0) is 70.9 Å². The van der Waals surface area contributed by atoms with E-state index in [0.717, 1.165) is 19.3 Å². The Bertz CT molecular complexity index is 475. The van der Waals surface area contributed by atoms with Gasteiger partial charge in [0, 0.05) is 0 Å². The predicted molar refractivity (Wildman–Crippen MR) is 98.3 cm³/mol. The first-order valence-electron chi connectivity index (χ1n) is 8.56. The van der Waals surface area contributed by atoms with E-state index in [4.69, 9.17) is 4.74 Å². The molecular formula is C21H34O. The molecule has 0 bridgehead atoms. The zero-order valence-corrected chi connectivity index (χ0v) is 15.6. The van der Waals surface area contributed by atoms with Gasteiger partial charge in [0.05, 0.1) is 11.2 Å². The van der Waals surface area contributed by atoms with Gasteiger partial charge in [0.25, 0.3) is 0 Å². The molecule has 0 amide bonds. The van der Waals surface area contributed by atoms with Gasteiger partial charge in [-0.2, -0.15) is 0 Å². The molecule has 0 spiro atoms. The van der Waals surface area contributed by atoms with Crippen LogP contribution in [0.3, 0.4) is 0 Å². The van der Waals surface area contributed by atoms with Crippen LogP contribution in [0.25, 0.3) is 6.08 Å². The molecule has 0 radical (unpaired) electrons. The number of allylic oxidation sites excluding steroid dienone is 1. The van der Waals surface area contributed by atoms with E-state index in [1.165, 1.54) is 11.1 Å². The lowest BCUT2D eigenvalue weighted by Crippen LogP contribution is -2.34. The third-order valence-electron chi connectivity index (χ3n) is 3.62. The van der Waals surface area contributed by atoms with E-state index in [-0.39, 0.29) is 11.2 Å². The van der Waals surface area contributed by atoms with E-state index < -0.39 is 0 Å². The summed E-state index contributed by atoms with van der Waals surface area (Å²) in [7, 11) is 0. The third kappa shape index (κ3) is 7.79. The van der Waals surface area contributed by atoms with Crippen molar-refractivity contribution in [2.75, 3.05) is 0 Å². The molecule has 0 saturated heterocycles. The quantitative estimate of drug-likeness (QED) is 0.516.